The van der Waals surface area contributed by atoms with Crippen LogP contribution in [0.3, 0.4) is 0 Å². The molecule has 26 heavy (non-hydrogen) atoms. The summed E-state index contributed by atoms with van der Waals surface area (Å²) < 4.78 is 27.3. The number of carbonyl (C=O) groups is 2. The quantitative estimate of drug-likeness (QED) is 0.403. The summed E-state index contributed by atoms with van der Waals surface area (Å²) in [7, 11) is -5.13. The van der Waals surface area contributed by atoms with Crippen molar-refractivity contribution in [3.63, 3.8) is 0 Å². The van der Waals surface area contributed by atoms with Gasteiger partial charge in [0.05, 0.1) is 0 Å². The van der Waals surface area contributed by atoms with Crippen LogP contribution in [0, 0.1) is 0 Å². The van der Waals surface area contributed by atoms with Crippen molar-refractivity contribution in [2.45, 2.75) is 37.1 Å². The van der Waals surface area contributed by atoms with E-state index in [1.54, 1.807) is 0 Å². The summed E-state index contributed by atoms with van der Waals surface area (Å²) in [5, 5.41) is 9.05. The third kappa shape index (κ3) is 3.53. The van der Waals surface area contributed by atoms with Crippen molar-refractivity contribution in [1.82, 2.24) is 9.55 Å². The lowest BCUT2D eigenvalue weighted by Gasteiger charge is -2.30. The Kier molecular flexibility index (Phi) is 4.69. The molecule has 2 fully saturated rings. The van der Waals surface area contributed by atoms with Gasteiger partial charge in [-0.05, 0) is 0 Å². The van der Waals surface area contributed by atoms with Crippen molar-refractivity contribution in [1.29, 1.82) is 0 Å². The number of Topliss-reactive ketones (excluding diaryl/α,β-unsaturated/α-hetero) is 1. The number of aliphatic carboxylic acids is 1. The Morgan fingerprint density at radius 1 is 1.31 bits per heavy atom. The van der Waals surface area contributed by atoms with Crippen LogP contribution in [0.15, 0.2) is 21.9 Å². The fourth-order valence-electron chi connectivity index (χ4n) is 2.85. The van der Waals surface area contributed by atoms with Crippen LogP contribution < -0.4 is 11.2 Å². The van der Waals surface area contributed by atoms with Crippen molar-refractivity contribution in [2.75, 3.05) is 0 Å². The minimum absolute atomic E-state index is 0.521. The van der Waals surface area contributed by atoms with Gasteiger partial charge in [0.25, 0.3) is 5.56 Å². The first-order chi connectivity index (χ1) is 12.1. The first-order valence-electron chi connectivity index (χ1n) is 7.18. The van der Waals surface area contributed by atoms with Crippen molar-refractivity contribution in [3.05, 3.63) is 33.1 Å². The Labute approximate surface area is 143 Å². The molecule has 1 aromatic rings. The van der Waals surface area contributed by atoms with Gasteiger partial charge in [-0.3, -0.25) is 23.7 Å². The second kappa shape index (κ2) is 6.54. The molecule has 0 aromatic carbocycles. The maximum absolute atomic E-state index is 12.2. The average Bonchev–Trinajstić information content (AvgIpc) is 2.84. The van der Waals surface area contributed by atoms with Crippen LogP contribution in [0.2, 0.25) is 0 Å². The van der Waals surface area contributed by atoms with E-state index in [1.807, 2.05) is 4.98 Å². The van der Waals surface area contributed by atoms with Gasteiger partial charge in [0.1, 0.15) is 18.3 Å². The highest BCUT2D eigenvalue weighted by Crippen LogP contribution is 2.46. The second-order valence-corrected chi connectivity index (χ2v) is 6.82. The summed E-state index contributed by atoms with van der Waals surface area (Å²) in [5.41, 5.74) is -1.71. The van der Waals surface area contributed by atoms with E-state index in [0.29, 0.717) is 0 Å². The Balaban J connectivity index is 2.03. The molecule has 0 amide bonds. The molecule has 4 N–H and O–H groups in total. The van der Waals surface area contributed by atoms with Gasteiger partial charge in [0.15, 0.2) is 18.1 Å². The molecule has 14 heteroatoms. The number of aromatic amines is 1. The first kappa shape index (κ1) is 18.6. The fourth-order valence-corrected chi connectivity index (χ4v) is 3.39. The molecule has 0 aliphatic carbocycles. The first-order valence-corrected chi connectivity index (χ1v) is 8.72. The lowest BCUT2D eigenvalue weighted by molar-refractivity contribution is -0.174. The van der Waals surface area contributed by atoms with Gasteiger partial charge in [-0.25, -0.2) is 14.2 Å². The normalized spacial score (nSPS) is 31.6. The topological polar surface area (TPSA) is 194 Å². The summed E-state index contributed by atoms with van der Waals surface area (Å²) in [6.45, 7) is 0. The standard InChI is InChI=1S/C12H13N2O11P/c15-4-3-5(11(17)18)23-8-7(4)24-10(9(8)25-26(20,21)22)14-2-1-6(16)13-12(14)19/h1-2,5,7-10H,3H2,(H,17,18)(H,13,16,19)(H2,20,21,22)/t5-,7+,8+,9+,10+/m0/s1. The van der Waals surface area contributed by atoms with Crippen molar-refractivity contribution < 1.29 is 43.0 Å². The number of phosphoric acid groups is 1. The highest BCUT2D eigenvalue weighted by molar-refractivity contribution is 7.46. The van der Waals surface area contributed by atoms with Gasteiger partial charge >= 0.3 is 19.5 Å². The van der Waals surface area contributed by atoms with Gasteiger partial charge in [-0.15, -0.1) is 0 Å². The number of ketones is 1. The minimum Gasteiger partial charge on any atom is -0.479 e. The molecular weight excluding hydrogens is 379 g/mol. The molecule has 0 radical (unpaired) electrons. The smallest absolute Gasteiger partial charge is 0.470 e. The zero-order valence-corrected chi connectivity index (χ0v) is 13.6. The predicted molar refractivity (Wildman–Crippen MR) is 78.1 cm³/mol. The van der Waals surface area contributed by atoms with E-state index >= 15 is 0 Å². The molecule has 0 bridgehead atoms. The van der Waals surface area contributed by atoms with Crippen LogP contribution in [0.5, 0.6) is 0 Å². The predicted octanol–water partition coefficient (Wildman–Crippen LogP) is -2.28. The lowest BCUT2D eigenvalue weighted by atomic mass is 9.98. The maximum atomic E-state index is 12.2. The molecule has 0 unspecified atom stereocenters. The number of phosphoric ester groups is 1. The van der Waals surface area contributed by atoms with E-state index in [1.165, 1.54) is 0 Å². The molecule has 142 valence electrons. The summed E-state index contributed by atoms with van der Waals surface area (Å²) in [6, 6.07) is 0.948. The Hall–Kier alpha value is -2.15. The molecule has 2 aliphatic heterocycles. The Morgan fingerprint density at radius 2 is 2.00 bits per heavy atom. The third-order valence-corrected chi connectivity index (χ3v) is 4.39. The van der Waals surface area contributed by atoms with Crippen LogP contribution in [-0.4, -0.2) is 60.6 Å². The molecule has 5 atom stereocenters. The second-order valence-electron chi connectivity index (χ2n) is 5.62. The van der Waals surface area contributed by atoms with Gasteiger partial charge in [-0.1, -0.05) is 0 Å². The highest BCUT2D eigenvalue weighted by atomic mass is 31.2. The van der Waals surface area contributed by atoms with E-state index in [9.17, 15) is 23.7 Å². The Morgan fingerprint density at radius 3 is 2.58 bits per heavy atom. The molecule has 13 nitrogen and oxygen atoms in total. The monoisotopic (exact) mass is 392 g/mol. The van der Waals surface area contributed by atoms with Crippen LogP contribution >= 0.6 is 7.82 Å². The summed E-state index contributed by atoms with van der Waals surface area (Å²) >= 11 is 0. The van der Waals surface area contributed by atoms with Crippen LogP contribution in [0.25, 0.3) is 0 Å². The zero-order valence-electron chi connectivity index (χ0n) is 12.8. The molecular formula is C12H13N2O11P. The van der Waals surface area contributed by atoms with Crippen molar-refractivity contribution >= 4 is 19.6 Å². The molecule has 3 heterocycles. The number of ether oxygens (including phenoxy) is 2. The number of carboxylic acids is 1. The number of fused-ring (bicyclic) bond motifs is 1. The number of carbonyl (C=O) groups excluding carboxylic acids is 1. The zero-order chi connectivity index (χ0) is 19.2. The van der Waals surface area contributed by atoms with Gasteiger partial charge in [-0.2, -0.15) is 0 Å². The number of hydrogen-bond acceptors (Lipinski definition) is 8. The van der Waals surface area contributed by atoms with Crippen molar-refractivity contribution in [2.24, 2.45) is 0 Å². The highest BCUT2D eigenvalue weighted by Gasteiger charge is 2.56. The molecule has 0 spiro atoms. The van der Waals surface area contributed by atoms with E-state index in [2.05, 4.69) is 4.52 Å². The average molecular weight is 392 g/mol. The molecule has 0 saturated carbocycles. The van der Waals surface area contributed by atoms with E-state index in [-0.39, 0.29) is 0 Å². The fraction of sp³-hybridized carbons (Fsp3) is 0.500. The maximum Gasteiger partial charge on any atom is 0.470 e. The van der Waals surface area contributed by atoms with E-state index in [4.69, 9.17) is 24.4 Å². The van der Waals surface area contributed by atoms with Gasteiger partial charge in [0.2, 0.25) is 0 Å². The van der Waals surface area contributed by atoms with Crippen LogP contribution in [0.1, 0.15) is 12.6 Å². The number of nitrogens with zero attached hydrogens (tertiary/aromatic N) is 1. The number of H-pyrrole nitrogens is 1. The minimum atomic E-state index is -5.13. The largest absolute Gasteiger partial charge is 0.479 e. The van der Waals surface area contributed by atoms with E-state index in [0.717, 1.165) is 16.8 Å². The van der Waals surface area contributed by atoms with E-state index < -0.39 is 67.9 Å². The van der Waals surface area contributed by atoms with Gasteiger partial charge < -0.3 is 24.4 Å². The molecule has 3 rings (SSSR count). The van der Waals surface area contributed by atoms with Crippen LogP contribution in [0.4, 0.5) is 0 Å². The molecule has 2 aliphatic rings. The number of carboxylic acid groups (broad SMARTS) is 1. The van der Waals surface area contributed by atoms with Crippen LogP contribution in [-0.2, 0) is 28.2 Å². The lowest BCUT2D eigenvalue weighted by Crippen LogP contribution is -2.50. The molecule has 1 aromatic heterocycles. The van der Waals surface area contributed by atoms with Crippen molar-refractivity contribution in [3.8, 4) is 0 Å². The SMILES string of the molecule is O=C(O)[C@@H]1CC(=O)[C@H]2O[C@@H](n3ccc(=O)[nH]c3=O)[C@H](OP(=O)(O)O)[C@@H]2O1. The Bertz CT molecular complexity index is 901. The summed E-state index contributed by atoms with van der Waals surface area (Å²) in [6.07, 6.45) is -7.19. The molecule has 2 saturated heterocycles. The number of hydrogen-bond donors (Lipinski definition) is 4. The third-order valence-electron chi connectivity index (χ3n) is 3.87. The number of nitrogens with one attached hydrogen (secondary N) is 1. The number of rotatable bonds is 4. The van der Waals surface area contributed by atoms with Gasteiger partial charge in [0, 0.05) is 18.7 Å². The summed E-state index contributed by atoms with van der Waals surface area (Å²) in [4.78, 5) is 66.6. The summed E-state index contributed by atoms with van der Waals surface area (Å²) in [5.74, 6) is -2.13. The number of aromatic nitrogens is 2.